The first-order chi connectivity index (χ1) is 18.5. The summed E-state index contributed by atoms with van der Waals surface area (Å²) >= 11 is 0. The van der Waals surface area contributed by atoms with E-state index in [-0.39, 0.29) is 17.1 Å². The maximum Gasteiger partial charge on any atom is 0.414 e. The molecule has 0 aliphatic carbocycles. The van der Waals surface area contributed by atoms with E-state index in [2.05, 4.69) is 5.32 Å². The van der Waals surface area contributed by atoms with E-state index in [1.54, 1.807) is 71.3 Å². The summed E-state index contributed by atoms with van der Waals surface area (Å²) in [6, 6.07) is 11.7. The molecule has 0 unspecified atom stereocenters. The quantitative estimate of drug-likeness (QED) is 0.475. The molecule has 10 nitrogen and oxygen atoms in total. The molecule has 0 aromatic heterocycles. The molecule has 1 fully saturated rings. The third-order valence-corrected chi connectivity index (χ3v) is 8.38. The molecule has 1 N–H and O–H groups in total. The molecule has 1 aliphatic rings. The van der Waals surface area contributed by atoms with Crippen molar-refractivity contribution in [3.05, 3.63) is 59.7 Å². The molecule has 1 saturated heterocycles. The Morgan fingerprint density at radius 1 is 0.975 bits per heavy atom. The van der Waals surface area contributed by atoms with Crippen LogP contribution in [-0.4, -0.2) is 73.4 Å². The van der Waals surface area contributed by atoms with E-state index >= 15 is 0 Å². The van der Waals surface area contributed by atoms with Gasteiger partial charge in [0.1, 0.15) is 11.4 Å². The summed E-state index contributed by atoms with van der Waals surface area (Å²) in [5.41, 5.74) is -1.51. The van der Waals surface area contributed by atoms with Crippen molar-refractivity contribution >= 4 is 28.0 Å². The van der Waals surface area contributed by atoms with Gasteiger partial charge in [0, 0.05) is 20.5 Å². The molecule has 11 heteroatoms. The number of nitrogens with one attached hydrogen (secondary N) is 1. The normalized spacial score (nSPS) is 17.0. The van der Waals surface area contributed by atoms with Crippen LogP contribution < -0.4 is 10.1 Å². The Morgan fingerprint density at radius 2 is 1.57 bits per heavy atom. The fourth-order valence-electron chi connectivity index (χ4n) is 4.36. The molecule has 0 saturated carbocycles. The number of rotatable bonds is 8. The first-order valence-electron chi connectivity index (χ1n) is 13.2. The van der Waals surface area contributed by atoms with E-state index in [0.717, 1.165) is 5.56 Å². The van der Waals surface area contributed by atoms with E-state index in [1.165, 1.54) is 24.0 Å². The Kier molecular flexibility index (Phi) is 9.31. The van der Waals surface area contributed by atoms with Gasteiger partial charge < -0.3 is 19.7 Å². The predicted molar refractivity (Wildman–Crippen MR) is 150 cm³/mol. The zero-order valence-corrected chi connectivity index (χ0v) is 25.0. The maximum absolute atomic E-state index is 14.2. The average molecular weight is 574 g/mol. The predicted octanol–water partition coefficient (Wildman–Crippen LogP) is 3.67. The lowest BCUT2D eigenvalue weighted by atomic mass is 9.91. The number of aryl methyl sites for hydroxylation is 1. The number of hydrogen-bond donors (Lipinski definition) is 1. The zero-order valence-electron chi connectivity index (χ0n) is 24.2. The molecule has 1 heterocycles. The van der Waals surface area contributed by atoms with Crippen molar-refractivity contribution in [1.82, 2.24) is 14.5 Å². The molecular formula is C29H39N3O7S. The Morgan fingerprint density at radius 3 is 2.08 bits per heavy atom. The van der Waals surface area contributed by atoms with Crippen molar-refractivity contribution in [1.29, 1.82) is 0 Å². The number of hydrogen-bond acceptors (Lipinski definition) is 8. The van der Waals surface area contributed by atoms with Crippen LogP contribution in [0.3, 0.4) is 0 Å². The van der Waals surface area contributed by atoms with Crippen LogP contribution in [-0.2, 0) is 30.8 Å². The van der Waals surface area contributed by atoms with Gasteiger partial charge in [-0.15, -0.1) is 0 Å². The maximum atomic E-state index is 14.2. The van der Waals surface area contributed by atoms with Gasteiger partial charge in [-0.2, -0.15) is 0 Å². The lowest BCUT2D eigenvalue weighted by Gasteiger charge is -2.41. The summed E-state index contributed by atoms with van der Waals surface area (Å²) in [4.78, 5) is 41.0. The number of carbonyl (C=O) groups excluding carboxylic acids is 3. The van der Waals surface area contributed by atoms with Gasteiger partial charge in [-0.25, -0.2) is 22.3 Å². The summed E-state index contributed by atoms with van der Waals surface area (Å²) < 4.78 is 40.1. The minimum absolute atomic E-state index is 0.106. The van der Waals surface area contributed by atoms with Gasteiger partial charge in [0.2, 0.25) is 0 Å². The third-order valence-electron chi connectivity index (χ3n) is 6.45. The van der Waals surface area contributed by atoms with Gasteiger partial charge in [-0.3, -0.25) is 4.79 Å². The van der Waals surface area contributed by atoms with E-state index < -0.39 is 45.2 Å². The lowest BCUT2D eigenvalue weighted by molar-refractivity contribution is -0.169. The minimum atomic E-state index is -4.50. The molecule has 2 atom stereocenters. The molecule has 0 radical (unpaired) electrons. The molecule has 1 aliphatic heterocycles. The molecule has 3 rings (SSSR count). The number of amides is 2. The Balaban J connectivity index is 2.13. The standard InChI is InChI=1S/C29H39N3O7S/c1-20-10-16-23(17-11-20)40(36,37)32(25(33)24-9-8-18-30-24)29(5,26(34)39-28(2,3)4)19-21-12-14-22(15-13-21)38-27(35)31(6)7/h10-17,24,30H,8-9,18-19H2,1-7H3/t24-,29-/m0/s1. The Bertz CT molecular complexity index is 1330. The van der Waals surface area contributed by atoms with E-state index in [0.29, 0.717) is 29.3 Å². The highest BCUT2D eigenvalue weighted by molar-refractivity contribution is 7.89. The number of benzene rings is 2. The summed E-state index contributed by atoms with van der Waals surface area (Å²) in [7, 11) is -1.38. The van der Waals surface area contributed by atoms with Crippen LogP contribution in [0.2, 0.25) is 0 Å². The van der Waals surface area contributed by atoms with Crippen molar-refractivity contribution < 1.29 is 32.3 Å². The van der Waals surface area contributed by atoms with Gasteiger partial charge in [-0.05, 0) is 83.8 Å². The van der Waals surface area contributed by atoms with Crippen molar-refractivity contribution in [2.75, 3.05) is 20.6 Å². The monoisotopic (exact) mass is 573 g/mol. The zero-order chi connectivity index (χ0) is 29.9. The van der Waals surface area contributed by atoms with Crippen LogP contribution in [0.25, 0.3) is 0 Å². The summed E-state index contributed by atoms with van der Waals surface area (Å²) in [5, 5.41) is 3.07. The first-order valence-corrected chi connectivity index (χ1v) is 14.6. The molecule has 2 aromatic rings. The molecule has 2 aromatic carbocycles. The van der Waals surface area contributed by atoms with Crippen molar-refractivity contribution in [3.8, 4) is 5.75 Å². The van der Waals surface area contributed by atoms with Crippen LogP contribution in [0.15, 0.2) is 53.4 Å². The van der Waals surface area contributed by atoms with Crippen LogP contribution in [0.1, 0.15) is 51.7 Å². The molecular weight excluding hydrogens is 534 g/mol. The van der Waals surface area contributed by atoms with Gasteiger partial charge in [-0.1, -0.05) is 29.8 Å². The second-order valence-electron chi connectivity index (χ2n) is 11.4. The van der Waals surface area contributed by atoms with Crippen LogP contribution in [0, 0.1) is 6.92 Å². The van der Waals surface area contributed by atoms with Crippen molar-refractivity contribution in [3.63, 3.8) is 0 Å². The molecule has 0 spiro atoms. The Labute approximate surface area is 236 Å². The van der Waals surface area contributed by atoms with Crippen molar-refractivity contribution in [2.45, 2.75) is 76.0 Å². The number of nitrogens with zero attached hydrogens (tertiary/aromatic N) is 2. The lowest BCUT2D eigenvalue weighted by Crippen LogP contribution is -2.63. The third kappa shape index (κ3) is 7.19. The highest BCUT2D eigenvalue weighted by Crippen LogP contribution is 2.33. The second-order valence-corrected chi connectivity index (χ2v) is 13.2. The highest BCUT2D eigenvalue weighted by atomic mass is 32.2. The average Bonchev–Trinajstić information content (AvgIpc) is 3.39. The molecule has 40 heavy (non-hydrogen) atoms. The summed E-state index contributed by atoms with van der Waals surface area (Å²) in [6.07, 6.45) is 0.407. The van der Waals surface area contributed by atoms with Crippen LogP contribution >= 0.6 is 0 Å². The molecule has 2 amide bonds. The molecule has 0 bridgehead atoms. The van der Waals surface area contributed by atoms with E-state index in [4.69, 9.17) is 9.47 Å². The topological polar surface area (TPSA) is 122 Å². The van der Waals surface area contributed by atoms with Gasteiger partial charge in [0.25, 0.3) is 15.9 Å². The number of ether oxygens (including phenoxy) is 2. The largest absolute Gasteiger partial charge is 0.458 e. The Hall–Kier alpha value is -3.44. The second kappa shape index (κ2) is 12.0. The summed E-state index contributed by atoms with van der Waals surface area (Å²) in [5.74, 6) is -1.30. The van der Waals surface area contributed by atoms with E-state index in [9.17, 15) is 22.8 Å². The van der Waals surface area contributed by atoms with Crippen molar-refractivity contribution in [2.24, 2.45) is 0 Å². The first kappa shape index (κ1) is 31.1. The van der Waals surface area contributed by atoms with Gasteiger partial charge >= 0.3 is 12.1 Å². The number of carbonyl (C=O) groups is 3. The summed E-state index contributed by atoms with van der Waals surface area (Å²) in [6.45, 7) is 8.84. The van der Waals surface area contributed by atoms with Crippen LogP contribution in [0.5, 0.6) is 5.75 Å². The smallest absolute Gasteiger partial charge is 0.414 e. The fraction of sp³-hybridized carbons (Fsp3) is 0.483. The van der Waals surface area contributed by atoms with Gasteiger partial charge in [0.05, 0.1) is 10.9 Å². The SMILES string of the molecule is Cc1ccc(S(=O)(=O)N(C(=O)[C@@H]2CCCN2)[C@@](C)(Cc2ccc(OC(=O)N(C)C)cc2)C(=O)OC(C)(C)C)cc1. The molecule has 218 valence electrons. The van der Waals surface area contributed by atoms with Gasteiger partial charge in [0.15, 0.2) is 5.54 Å². The minimum Gasteiger partial charge on any atom is -0.458 e. The highest BCUT2D eigenvalue weighted by Gasteiger charge is 2.52. The fourth-order valence-corrected chi connectivity index (χ4v) is 6.08. The number of esters is 1. The van der Waals surface area contributed by atoms with E-state index in [1.807, 2.05) is 6.92 Å². The van der Waals surface area contributed by atoms with Crippen LogP contribution in [0.4, 0.5) is 4.79 Å². The number of sulfonamides is 1.